The van der Waals surface area contributed by atoms with Gasteiger partial charge in [-0.05, 0) is 36.6 Å². The molecule has 4 rings (SSSR count). The predicted octanol–water partition coefficient (Wildman–Crippen LogP) is 3.64. The summed E-state index contributed by atoms with van der Waals surface area (Å²) in [6.45, 7) is 2.47. The number of hydrogen-bond donors (Lipinski definition) is 0. The Morgan fingerprint density at radius 2 is 1.88 bits per heavy atom. The highest BCUT2D eigenvalue weighted by Gasteiger charge is 2.10. The largest absolute Gasteiger partial charge is 0.322 e. The molecule has 0 N–H and O–H groups in total. The fourth-order valence-corrected chi connectivity index (χ4v) is 3.24. The molecule has 2 aromatic heterocycles. The number of hydrogen-bond acceptors (Lipinski definition) is 5. The normalized spacial score (nSPS) is 11.1. The first-order valence-corrected chi connectivity index (χ1v) is 8.75. The van der Waals surface area contributed by atoms with Gasteiger partial charge in [0.1, 0.15) is 5.82 Å². The first-order valence-electron chi connectivity index (χ1n) is 7.72. The third-order valence-electron chi connectivity index (χ3n) is 4.11. The van der Waals surface area contributed by atoms with Crippen LogP contribution in [0.25, 0.3) is 21.8 Å². The zero-order valence-electron chi connectivity index (χ0n) is 13.4. The van der Waals surface area contributed by atoms with Crippen molar-refractivity contribution in [3.05, 3.63) is 66.2 Å². The van der Waals surface area contributed by atoms with Crippen LogP contribution >= 0.6 is 0 Å². The van der Waals surface area contributed by atoms with Gasteiger partial charge >= 0.3 is 10.5 Å². The van der Waals surface area contributed by atoms with Crippen molar-refractivity contribution in [1.29, 1.82) is 0 Å². The van der Waals surface area contributed by atoms with E-state index in [0.717, 1.165) is 33.3 Å². The van der Waals surface area contributed by atoms with Crippen molar-refractivity contribution in [2.75, 3.05) is 0 Å². The Labute approximate surface area is 145 Å². The molecule has 7 heteroatoms. The van der Waals surface area contributed by atoms with Gasteiger partial charge in [-0.15, -0.1) is 4.36 Å². The van der Waals surface area contributed by atoms with Crippen LogP contribution in [0, 0.1) is 6.92 Å². The topological polar surface area (TPSA) is 77.2 Å². The Morgan fingerprint density at radius 1 is 1.08 bits per heavy atom. The molecule has 2 heterocycles. The Bertz CT molecular complexity index is 1230. The molecule has 0 atom stereocenters. The van der Waals surface area contributed by atoms with Crippen molar-refractivity contribution < 1.29 is 8.42 Å². The monoisotopic (exact) mass is 350 g/mol. The minimum Gasteiger partial charge on any atom is -0.322 e. The maximum absolute atomic E-state index is 10.8. The van der Waals surface area contributed by atoms with E-state index in [1.165, 1.54) is 0 Å². The summed E-state index contributed by atoms with van der Waals surface area (Å²) < 4.78 is 27.2. The van der Waals surface area contributed by atoms with E-state index in [1.807, 2.05) is 35.9 Å². The van der Waals surface area contributed by atoms with Crippen molar-refractivity contribution in [3.63, 3.8) is 0 Å². The van der Waals surface area contributed by atoms with Gasteiger partial charge in [0.05, 0.1) is 29.0 Å². The van der Waals surface area contributed by atoms with E-state index in [0.29, 0.717) is 12.2 Å². The number of pyridine rings is 1. The van der Waals surface area contributed by atoms with Crippen LogP contribution in [0.2, 0.25) is 0 Å². The van der Waals surface area contributed by atoms with E-state index in [2.05, 4.69) is 26.5 Å². The predicted molar refractivity (Wildman–Crippen MR) is 96.3 cm³/mol. The van der Waals surface area contributed by atoms with Gasteiger partial charge in [0.2, 0.25) is 0 Å². The summed E-state index contributed by atoms with van der Waals surface area (Å²) in [6, 6.07) is 15.3. The zero-order chi connectivity index (χ0) is 17.4. The van der Waals surface area contributed by atoms with Gasteiger partial charge in [0.15, 0.2) is 0 Å². The van der Waals surface area contributed by atoms with Crippen LogP contribution in [0.3, 0.4) is 0 Å². The Kier molecular flexibility index (Phi) is 3.77. The first-order chi connectivity index (χ1) is 12.1. The van der Waals surface area contributed by atoms with E-state index in [1.54, 1.807) is 18.2 Å². The van der Waals surface area contributed by atoms with Crippen molar-refractivity contribution in [3.8, 4) is 0 Å². The number of aromatic nitrogens is 3. The lowest BCUT2D eigenvalue weighted by Crippen LogP contribution is -2.03. The molecule has 0 saturated heterocycles. The van der Waals surface area contributed by atoms with Crippen LogP contribution < -0.4 is 0 Å². The molecule has 0 fully saturated rings. The fourth-order valence-electron chi connectivity index (χ4n) is 2.95. The van der Waals surface area contributed by atoms with Crippen LogP contribution in [0.15, 0.2) is 59.1 Å². The van der Waals surface area contributed by atoms with E-state index < -0.39 is 10.5 Å². The number of aryl methyl sites for hydroxylation is 1. The van der Waals surface area contributed by atoms with E-state index in [9.17, 15) is 8.42 Å². The Morgan fingerprint density at radius 3 is 2.68 bits per heavy atom. The van der Waals surface area contributed by atoms with Gasteiger partial charge in [0, 0.05) is 11.6 Å². The molecule has 0 aliphatic carbocycles. The molecule has 0 aliphatic rings. The summed E-state index contributed by atoms with van der Waals surface area (Å²) in [6.07, 6.45) is 1.86. The SMILES string of the molecule is Cc1nc2ccc(N=S(=O)=O)cc2n1Cc1cc2ccccc2cn1. The standard InChI is InChI=1S/C18H14N4O2S/c1-12-20-17-7-6-15(21-25(23)24)9-18(17)22(12)11-16-8-13-4-2-3-5-14(13)10-19-16/h2-10H,11H2,1H3. The zero-order valence-corrected chi connectivity index (χ0v) is 14.2. The van der Waals surface area contributed by atoms with Gasteiger partial charge in [-0.1, -0.05) is 24.3 Å². The van der Waals surface area contributed by atoms with E-state index in [-0.39, 0.29) is 0 Å². The van der Waals surface area contributed by atoms with Crippen molar-refractivity contribution in [2.45, 2.75) is 13.5 Å². The first kappa shape index (κ1) is 15.5. The summed E-state index contributed by atoms with van der Waals surface area (Å²) >= 11 is 0. The summed E-state index contributed by atoms with van der Waals surface area (Å²) in [4.78, 5) is 9.06. The minimum atomic E-state index is -2.48. The minimum absolute atomic E-state index is 0.383. The molecule has 2 aromatic carbocycles. The fraction of sp³-hybridized carbons (Fsp3) is 0.111. The molecular formula is C18H14N4O2S. The molecule has 0 amide bonds. The van der Waals surface area contributed by atoms with Crippen LogP contribution in [0.4, 0.5) is 5.69 Å². The average Bonchev–Trinajstić information content (AvgIpc) is 2.90. The molecule has 0 radical (unpaired) electrons. The number of imidazole rings is 1. The smallest absolute Gasteiger partial charge is 0.316 e. The van der Waals surface area contributed by atoms with Gasteiger partial charge in [-0.3, -0.25) is 4.98 Å². The highest BCUT2D eigenvalue weighted by Crippen LogP contribution is 2.23. The molecule has 0 spiro atoms. The summed E-state index contributed by atoms with van der Waals surface area (Å²) in [5, 5.41) is 2.23. The van der Waals surface area contributed by atoms with Crippen molar-refractivity contribution in [1.82, 2.24) is 14.5 Å². The number of fused-ring (bicyclic) bond motifs is 2. The number of nitrogens with zero attached hydrogens (tertiary/aromatic N) is 4. The highest BCUT2D eigenvalue weighted by atomic mass is 32.2. The molecule has 0 aliphatic heterocycles. The Hall–Kier alpha value is -3.06. The van der Waals surface area contributed by atoms with E-state index in [4.69, 9.17) is 0 Å². The van der Waals surface area contributed by atoms with Gasteiger partial charge in [-0.2, -0.15) is 8.42 Å². The third-order valence-corrected chi connectivity index (χ3v) is 4.47. The second-order valence-corrected chi connectivity index (χ2v) is 6.37. The van der Waals surface area contributed by atoms with E-state index >= 15 is 0 Å². The highest BCUT2D eigenvalue weighted by molar-refractivity contribution is 7.61. The Balaban J connectivity index is 1.81. The molecule has 4 aromatic rings. The second kappa shape index (κ2) is 6.10. The average molecular weight is 350 g/mol. The van der Waals surface area contributed by atoms with Crippen molar-refractivity contribution >= 4 is 38.0 Å². The third kappa shape index (κ3) is 3.01. The lowest BCUT2D eigenvalue weighted by Gasteiger charge is -2.08. The van der Waals surface area contributed by atoms with Crippen molar-refractivity contribution in [2.24, 2.45) is 4.36 Å². The maximum atomic E-state index is 10.8. The van der Waals surface area contributed by atoms with Crippen LogP contribution in [0.1, 0.15) is 11.5 Å². The number of benzene rings is 2. The van der Waals surface area contributed by atoms with Crippen LogP contribution in [-0.2, 0) is 17.0 Å². The molecule has 124 valence electrons. The molecule has 0 unspecified atom stereocenters. The van der Waals surface area contributed by atoms with Gasteiger partial charge in [-0.25, -0.2) is 4.98 Å². The van der Waals surface area contributed by atoms with Gasteiger partial charge in [0.25, 0.3) is 0 Å². The number of rotatable bonds is 3. The molecular weight excluding hydrogens is 336 g/mol. The maximum Gasteiger partial charge on any atom is 0.316 e. The van der Waals surface area contributed by atoms with Gasteiger partial charge < -0.3 is 4.57 Å². The summed E-state index contributed by atoms with van der Waals surface area (Å²) in [5.41, 5.74) is 2.93. The molecule has 25 heavy (non-hydrogen) atoms. The molecule has 6 nitrogen and oxygen atoms in total. The molecule has 0 saturated carbocycles. The quantitative estimate of drug-likeness (QED) is 0.565. The summed E-state index contributed by atoms with van der Waals surface area (Å²) in [5.74, 6) is 0.838. The van der Waals surface area contributed by atoms with Crippen LogP contribution in [-0.4, -0.2) is 23.0 Å². The lowest BCUT2D eigenvalue weighted by molar-refractivity contribution is 0.622. The summed E-state index contributed by atoms with van der Waals surface area (Å²) in [7, 11) is -2.48. The molecule has 0 bridgehead atoms. The second-order valence-electron chi connectivity index (χ2n) is 5.75. The lowest BCUT2D eigenvalue weighted by atomic mass is 10.1. The van der Waals surface area contributed by atoms with Crippen LogP contribution in [0.5, 0.6) is 0 Å².